The molecule has 138 valence electrons. The largest absolute Gasteiger partial charge is 0.454 e. The van der Waals surface area contributed by atoms with Crippen LogP contribution in [0.2, 0.25) is 0 Å². The fourth-order valence-electron chi connectivity index (χ4n) is 2.28. The molecule has 0 N–H and O–H groups in total. The maximum Gasteiger partial charge on any atom is 0.417 e. The van der Waals surface area contributed by atoms with Crippen LogP contribution in [0.1, 0.15) is 11.1 Å². The number of ether oxygens (including phenoxy) is 2. The van der Waals surface area contributed by atoms with Gasteiger partial charge in [-0.1, -0.05) is 17.8 Å². The van der Waals surface area contributed by atoms with E-state index in [9.17, 15) is 18.0 Å². The lowest BCUT2D eigenvalue weighted by Gasteiger charge is -2.17. The molecule has 3 rings (SSSR count). The van der Waals surface area contributed by atoms with Gasteiger partial charge in [-0.2, -0.15) is 13.2 Å². The SMILES string of the molecule is CN(Cc1ccc2c(c1)OCO2)C(=O)CSc1ccc(C(F)(F)F)cn1. The van der Waals surface area contributed by atoms with Gasteiger partial charge in [-0.15, -0.1) is 0 Å². The Kier molecular flexibility index (Phi) is 5.26. The molecule has 2 aromatic rings. The number of pyridine rings is 1. The molecule has 0 fully saturated rings. The molecule has 1 aliphatic heterocycles. The average molecular weight is 384 g/mol. The number of thioether (sulfide) groups is 1. The standard InChI is InChI=1S/C17H15F3N2O3S/c1-22(8-11-2-4-13-14(6-11)25-10-24-13)16(23)9-26-15-5-3-12(7-21-15)17(18,19)20/h2-7H,8-10H2,1H3. The molecular formula is C17H15F3N2O3S. The average Bonchev–Trinajstić information content (AvgIpc) is 3.07. The fourth-order valence-corrected chi connectivity index (χ4v) is 3.06. The zero-order valence-electron chi connectivity index (χ0n) is 13.7. The van der Waals surface area contributed by atoms with Crippen molar-refractivity contribution in [2.45, 2.75) is 17.7 Å². The van der Waals surface area contributed by atoms with Crippen LogP contribution in [0.15, 0.2) is 41.6 Å². The summed E-state index contributed by atoms with van der Waals surface area (Å²) in [7, 11) is 1.66. The van der Waals surface area contributed by atoms with Crippen molar-refractivity contribution in [3.05, 3.63) is 47.7 Å². The highest BCUT2D eigenvalue weighted by atomic mass is 32.2. The number of hydrogen-bond acceptors (Lipinski definition) is 5. The van der Waals surface area contributed by atoms with E-state index in [1.165, 1.54) is 11.0 Å². The van der Waals surface area contributed by atoms with Gasteiger partial charge in [-0.05, 0) is 29.8 Å². The highest BCUT2D eigenvalue weighted by Gasteiger charge is 2.30. The van der Waals surface area contributed by atoms with Crippen molar-refractivity contribution in [3.63, 3.8) is 0 Å². The lowest BCUT2D eigenvalue weighted by Crippen LogP contribution is -2.27. The molecule has 0 spiro atoms. The van der Waals surface area contributed by atoms with E-state index in [2.05, 4.69) is 4.98 Å². The van der Waals surface area contributed by atoms with Gasteiger partial charge in [-0.25, -0.2) is 4.98 Å². The molecule has 1 aromatic heterocycles. The maximum atomic E-state index is 12.5. The Hall–Kier alpha value is -2.42. The molecule has 0 bridgehead atoms. The van der Waals surface area contributed by atoms with Crippen molar-refractivity contribution in [2.75, 3.05) is 19.6 Å². The summed E-state index contributed by atoms with van der Waals surface area (Å²) in [6.07, 6.45) is -3.65. The van der Waals surface area contributed by atoms with Crippen molar-refractivity contribution in [1.82, 2.24) is 9.88 Å². The number of rotatable bonds is 5. The molecule has 0 saturated heterocycles. The third kappa shape index (κ3) is 4.40. The van der Waals surface area contributed by atoms with E-state index in [0.717, 1.165) is 29.6 Å². The third-order valence-electron chi connectivity index (χ3n) is 3.69. The Labute approximate surface area is 152 Å². The summed E-state index contributed by atoms with van der Waals surface area (Å²) in [5, 5.41) is 0.364. The Morgan fingerprint density at radius 1 is 1.23 bits per heavy atom. The normalized spacial score (nSPS) is 12.9. The highest BCUT2D eigenvalue weighted by molar-refractivity contribution is 7.99. The molecule has 26 heavy (non-hydrogen) atoms. The molecule has 9 heteroatoms. The molecule has 0 aliphatic carbocycles. The molecular weight excluding hydrogens is 369 g/mol. The summed E-state index contributed by atoms with van der Waals surface area (Å²) in [6, 6.07) is 7.67. The summed E-state index contributed by atoms with van der Waals surface area (Å²) in [6.45, 7) is 0.570. The van der Waals surface area contributed by atoms with E-state index < -0.39 is 11.7 Å². The van der Waals surface area contributed by atoms with Crippen LogP contribution >= 0.6 is 11.8 Å². The molecule has 0 radical (unpaired) electrons. The second kappa shape index (κ2) is 7.45. The first-order valence-corrected chi connectivity index (χ1v) is 8.60. The van der Waals surface area contributed by atoms with E-state index in [4.69, 9.17) is 9.47 Å². The highest BCUT2D eigenvalue weighted by Crippen LogP contribution is 2.33. The molecule has 1 amide bonds. The number of carbonyl (C=O) groups is 1. The molecule has 0 unspecified atom stereocenters. The van der Waals surface area contributed by atoms with E-state index in [-0.39, 0.29) is 18.5 Å². The van der Waals surface area contributed by atoms with Crippen molar-refractivity contribution >= 4 is 17.7 Å². The fraction of sp³-hybridized carbons (Fsp3) is 0.294. The molecule has 5 nitrogen and oxygen atoms in total. The van der Waals surface area contributed by atoms with Crippen LogP contribution in [0.4, 0.5) is 13.2 Å². The van der Waals surface area contributed by atoms with Gasteiger partial charge in [0.1, 0.15) is 0 Å². The smallest absolute Gasteiger partial charge is 0.417 e. The first-order chi connectivity index (χ1) is 12.3. The van der Waals surface area contributed by atoms with Gasteiger partial charge in [0.2, 0.25) is 12.7 Å². The van der Waals surface area contributed by atoms with Crippen LogP contribution < -0.4 is 9.47 Å². The van der Waals surface area contributed by atoms with Crippen LogP contribution in [-0.4, -0.2) is 35.4 Å². The predicted octanol–water partition coefficient (Wildman–Crippen LogP) is 3.58. The number of amides is 1. The van der Waals surface area contributed by atoms with E-state index in [1.54, 1.807) is 13.1 Å². The number of aromatic nitrogens is 1. The first kappa shape index (κ1) is 18.4. The number of fused-ring (bicyclic) bond motifs is 1. The molecule has 1 aliphatic rings. The summed E-state index contributed by atoms with van der Waals surface area (Å²) >= 11 is 1.09. The van der Waals surface area contributed by atoms with Crippen LogP contribution in [0.5, 0.6) is 11.5 Å². The van der Waals surface area contributed by atoms with Crippen LogP contribution in [0.3, 0.4) is 0 Å². The monoisotopic (exact) mass is 384 g/mol. The van der Waals surface area contributed by atoms with Gasteiger partial charge >= 0.3 is 6.18 Å². The number of benzene rings is 1. The van der Waals surface area contributed by atoms with Gasteiger partial charge in [0.05, 0.1) is 16.3 Å². The summed E-state index contributed by atoms with van der Waals surface area (Å²) < 4.78 is 48.1. The first-order valence-electron chi connectivity index (χ1n) is 7.61. The quantitative estimate of drug-likeness (QED) is 0.738. The van der Waals surface area contributed by atoms with Gasteiger partial charge in [-0.3, -0.25) is 4.79 Å². The topological polar surface area (TPSA) is 51.7 Å². The third-order valence-corrected chi connectivity index (χ3v) is 4.62. The minimum atomic E-state index is -4.42. The second-order valence-electron chi connectivity index (χ2n) is 5.61. The molecule has 1 aromatic carbocycles. The minimum Gasteiger partial charge on any atom is -0.454 e. The van der Waals surface area contributed by atoms with Crippen LogP contribution in [0, 0.1) is 0 Å². The predicted molar refractivity (Wildman–Crippen MR) is 89.0 cm³/mol. The van der Waals surface area contributed by atoms with Crippen molar-refractivity contribution < 1.29 is 27.4 Å². The van der Waals surface area contributed by atoms with Crippen molar-refractivity contribution in [1.29, 1.82) is 0 Å². The number of halogens is 3. The zero-order valence-corrected chi connectivity index (χ0v) is 14.6. The number of nitrogens with zero attached hydrogens (tertiary/aromatic N) is 2. The van der Waals surface area contributed by atoms with E-state index in [1.807, 2.05) is 12.1 Å². The lowest BCUT2D eigenvalue weighted by molar-refractivity contribution is -0.138. The van der Waals surface area contributed by atoms with E-state index >= 15 is 0 Å². The molecule has 0 saturated carbocycles. The summed E-state index contributed by atoms with van der Waals surface area (Å²) in [5.41, 5.74) is 0.0795. The molecule has 0 atom stereocenters. The van der Waals surface area contributed by atoms with Gasteiger partial charge in [0, 0.05) is 19.8 Å². The maximum absolute atomic E-state index is 12.5. The van der Waals surface area contributed by atoms with Crippen molar-refractivity contribution in [2.24, 2.45) is 0 Å². The van der Waals surface area contributed by atoms with Gasteiger partial charge in [0.25, 0.3) is 0 Å². The lowest BCUT2D eigenvalue weighted by atomic mass is 10.2. The number of carbonyl (C=O) groups excluding carboxylic acids is 1. The number of hydrogen-bond donors (Lipinski definition) is 0. The summed E-state index contributed by atoms with van der Waals surface area (Å²) in [4.78, 5) is 17.5. The van der Waals surface area contributed by atoms with Crippen LogP contribution in [-0.2, 0) is 17.5 Å². The second-order valence-corrected chi connectivity index (χ2v) is 6.60. The Balaban J connectivity index is 1.53. The summed E-state index contributed by atoms with van der Waals surface area (Å²) in [5.74, 6) is 1.24. The molecule has 2 heterocycles. The van der Waals surface area contributed by atoms with Crippen LogP contribution in [0.25, 0.3) is 0 Å². The minimum absolute atomic E-state index is 0.0828. The number of alkyl halides is 3. The van der Waals surface area contributed by atoms with Gasteiger partial charge in [0.15, 0.2) is 11.5 Å². The Bertz CT molecular complexity index is 797. The zero-order chi connectivity index (χ0) is 18.7. The van der Waals surface area contributed by atoms with E-state index in [0.29, 0.717) is 23.1 Å². The Morgan fingerprint density at radius 3 is 2.69 bits per heavy atom. The van der Waals surface area contributed by atoms with Gasteiger partial charge < -0.3 is 14.4 Å². The Morgan fingerprint density at radius 2 is 2.00 bits per heavy atom. The van der Waals surface area contributed by atoms with Crippen molar-refractivity contribution in [3.8, 4) is 11.5 Å².